The maximum absolute atomic E-state index is 6.95. The van der Waals surface area contributed by atoms with Gasteiger partial charge in [-0.15, -0.1) is 0 Å². The smallest absolute Gasteiger partial charge is 0.145 e. The van der Waals surface area contributed by atoms with Gasteiger partial charge in [0, 0.05) is 95.9 Å². The van der Waals surface area contributed by atoms with Gasteiger partial charge >= 0.3 is 0 Å². The van der Waals surface area contributed by atoms with E-state index < -0.39 is 0 Å². The van der Waals surface area contributed by atoms with Gasteiger partial charge in [0.2, 0.25) is 0 Å². The molecule has 14 heteroatoms. The van der Waals surface area contributed by atoms with Gasteiger partial charge in [0.05, 0.1) is 100 Å². The van der Waals surface area contributed by atoms with E-state index in [-0.39, 0.29) is 0 Å². The molecule has 10 aromatic rings. The molecule has 4 heterocycles. The van der Waals surface area contributed by atoms with Crippen molar-refractivity contribution in [1.29, 1.82) is 0 Å². The van der Waals surface area contributed by atoms with E-state index in [1.807, 2.05) is 24.3 Å². The molecule has 548 valence electrons. The van der Waals surface area contributed by atoms with Gasteiger partial charge in [0.1, 0.15) is 69.0 Å². The topological polar surface area (TPSA) is 150 Å². The molecule has 0 unspecified atom stereocenters. The Balaban J connectivity index is 1.04. The SMILES string of the molecule is CCCOc1c2cccc1Cc1cc3cc(c1OCCC)Cc1cccc(c1OCCC)Cc1cc(cc(c1OCCC)C2)N=Cc1ccc(o1)C=Nc1cc2c(OCCC)c(c1)Cc1cccc(c1OCCC)Cc1cc(cc(c1OCCC)Cc1cccc(c1OCCC)C2)N=Cc1ccc(o1)C=N3. The van der Waals surface area contributed by atoms with Gasteiger partial charge in [-0.3, -0.25) is 20.0 Å². The molecule has 8 aromatic carbocycles. The lowest BCUT2D eigenvalue weighted by molar-refractivity contribution is 0.304. The first kappa shape index (κ1) is 73.7. The molecule has 2 aromatic heterocycles. The van der Waals surface area contributed by atoms with E-state index in [0.717, 1.165) is 209 Å². The summed E-state index contributed by atoms with van der Waals surface area (Å²) in [5, 5.41) is 0. The van der Waals surface area contributed by atoms with Gasteiger partial charge in [-0.25, -0.2) is 0 Å². The van der Waals surface area contributed by atoms with Crippen molar-refractivity contribution in [2.75, 3.05) is 52.9 Å². The first-order valence-electron chi connectivity index (χ1n) is 38.6. The molecular weight excluding hydrogens is 1320 g/mol. The van der Waals surface area contributed by atoms with Crippen molar-refractivity contribution < 1.29 is 46.7 Å². The third-order valence-electron chi connectivity index (χ3n) is 18.9. The standard InChI is InChI=1S/C92H100N4O10/c1-9-33-97-85-61-21-17-22-62(85)42-70-50-78-52-72(90(70)102-38-14-6)44-64-24-18-23-63(86(64)98-34-10-2)43-71-51-77(49-69(41-61)89(71)101-37-13-5)93-57-81-29-31-83(105-81)59-95-79-53-73-45-65-25-19-26-66(87(65)99-35-11-3)46-74-54-80(96-60-84-32-30-82(106-84)58-94-78)56-76(92(74)104-40-16-8)48-68-28-20-27-67(88(68)100-36-12-4)47-75(55-79)91(73)103-39-15-7/h17-32,49-60H,9-16,33-48H2,1-8H3. The number of furan rings is 2. The summed E-state index contributed by atoms with van der Waals surface area (Å²) in [7, 11) is 0. The maximum Gasteiger partial charge on any atom is 0.145 e. The van der Waals surface area contributed by atoms with Crippen LogP contribution in [0, 0.1) is 0 Å². The van der Waals surface area contributed by atoms with E-state index in [0.29, 0.717) is 127 Å². The monoisotopic (exact) mass is 1420 g/mol. The number of ether oxygens (including phenoxy) is 8. The highest BCUT2D eigenvalue weighted by Gasteiger charge is 2.27. The third kappa shape index (κ3) is 17.8. The Morgan fingerprint density at radius 3 is 0.519 bits per heavy atom. The number of para-hydroxylation sites is 4. The lowest BCUT2D eigenvalue weighted by Gasteiger charge is -2.23. The van der Waals surface area contributed by atoms with E-state index >= 15 is 0 Å². The van der Waals surface area contributed by atoms with Crippen LogP contribution in [-0.2, 0) is 51.4 Å². The molecule has 14 nitrogen and oxygen atoms in total. The van der Waals surface area contributed by atoms with Crippen molar-refractivity contribution in [3.8, 4) is 46.0 Å². The second kappa shape index (κ2) is 35.9. The van der Waals surface area contributed by atoms with Gasteiger partial charge < -0.3 is 46.7 Å². The van der Waals surface area contributed by atoms with Crippen LogP contribution in [0.3, 0.4) is 0 Å². The normalized spacial score (nSPS) is 13.1. The Hall–Kier alpha value is -10.6. The fourth-order valence-corrected chi connectivity index (χ4v) is 14.3. The number of rotatable bonds is 24. The molecule has 24 bridgehead atoms. The molecule has 106 heavy (non-hydrogen) atoms. The zero-order valence-electron chi connectivity index (χ0n) is 63.0. The van der Waals surface area contributed by atoms with Crippen LogP contribution in [-0.4, -0.2) is 77.7 Å². The minimum absolute atomic E-state index is 0.505. The molecule has 2 aliphatic carbocycles. The number of hydrogen-bond donors (Lipinski definition) is 0. The Labute approximate surface area is 625 Å². The predicted octanol–water partition coefficient (Wildman–Crippen LogP) is 21.9. The number of hydrogen-bond acceptors (Lipinski definition) is 14. The van der Waals surface area contributed by atoms with Crippen LogP contribution < -0.4 is 37.9 Å². The van der Waals surface area contributed by atoms with Crippen molar-refractivity contribution in [3.63, 3.8) is 0 Å². The second-order valence-electron chi connectivity index (χ2n) is 27.7. The molecule has 0 spiro atoms. The summed E-state index contributed by atoms with van der Waals surface area (Å²) < 4.78 is 68.8. The lowest BCUT2D eigenvalue weighted by Crippen LogP contribution is -2.10. The first-order valence-corrected chi connectivity index (χ1v) is 38.6. The average molecular weight is 1420 g/mol. The van der Waals surface area contributed by atoms with E-state index in [1.165, 1.54) is 0 Å². The van der Waals surface area contributed by atoms with Crippen LogP contribution in [0.15, 0.2) is 174 Å². The van der Waals surface area contributed by atoms with Gasteiger partial charge in [-0.05, 0) is 169 Å². The van der Waals surface area contributed by atoms with Crippen LogP contribution in [0.4, 0.5) is 22.7 Å². The summed E-state index contributed by atoms with van der Waals surface area (Å²) in [6.07, 6.45) is 17.9. The quantitative estimate of drug-likeness (QED) is 0.0572. The Morgan fingerprint density at radius 2 is 0.368 bits per heavy atom. The Bertz CT molecular complexity index is 4040. The highest BCUT2D eigenvalue weighted by Crippen LogP contribution is 2.45. The van der Waals surface area contributed by atoms with Crippen LogP contribution in [0.5, 0.6) is 46.0 Å². The summed E-state index contributed by atoms with van der Waals surface area (Å²) in [4.78, 5) is 21.0. The van der Waals surface area contributed by atoms with Gasteiger partial charge in [-0.1, -0.05) is 128 Å². The maximum atomic E-state index is 6.95. The zero-order valence-corrected chi connectivity index (χ0v) is 63.0. The first-order chi connectivity index (χ1) is 52.1. The van der Waals surface area contributed by atoms with Crippen molar-refractivity contribution in [2.45, 2.75) is 158 Å². The summed E-state index contributed by atoms with van der Waals surface area (Å²) in [5.41, 5.74) is 19.2. The number of benzene rings is 8. The molecule has 0 radical (unpaired) electrons. The van der Waals surface area contributed by atoms with E-state index in [9.17, 15) is 0 Å². The molecule has 4 aliphatic rings. The van der Waals surface area contributed by atoms with Gasteiger partial charge in [0.15, 0.2) is 0 Å². The molecule has 0 fully saturated rings. The molecule has 2 aliphatic heterocycles. The summed E-state index contributed by atoms with van der Waals surface area (Å²) in [5.74, 6) is 9.00. The van der Waals surface area contributed by atoms with Crippen LogP contribution in [0.2, 0.25) is 0 Å². The number of aliphatic imine (C=N–C) groups is 4. The summed E-state index contributed by atoms with van der Waals surface area (Å²) in [6, 6.07) is 51.0. The third-order valence-corrected chi connectivity index (χ3v) is 18.9. The molecular formula is C92H100N4O10. The minimum atomic E-state index is 0.505. The largest absolute Gasteiger partial charge is 0.493 e. The summed E-state index contributed by atoms with van der Waals surface area (Å²) >= 11 is 0. The van der Waals surface area contributed by atoms with Crippen molar-refractivity contribution >= 4 is 47.6 Å². The van der Waals surface area contributed by atoms with Crippen molar-refractivity contribution in [2.24, 2.45) is 20.0 Å². The van der Waals surface area contributed by atoms with Crippen LogP contribution in [0.25, 0.3) is 0 Å². The Kier molecular flexibility index (Phi) is 25.0. The lowest BCUT2D eigenvalue weighted by atomic mass is 9.90. The fraction of sp³-hybridized carbons (Fsp3) is 0.348. The van der Waals surface area contributed by atoms with Gasteiger partial charge in [-0.2, -0.15) is 0 Å². The van der Waals surface area contributed by atoms with E-state index in [1.54, 1.807) is 24.9 Å². The van der Waals surface area contributed by atoms with E-state index in [4.69, 9.17) is 66.7 Å². The minimum Gasteiger partial charge on any atom is -0.493 e. The fourth-order valence-electron chi connectivity index (χ4n) is 14.3. The highest BCUT2D eigenvalue weighted by molar-refractivity contribution is 5.85. The van der Waals surface area contributed by atoms with Crippen LogP contribution >= 0.6 is 0 Å². The second-order valence-corrected chi connectivity index (χ2v) is 27.7. The molecule has 0 saturated carbocycles. The summed E-state index contributed by atoms with van der Waals surface area (Å²) in [6.45, 7) is 21.4. The molecule has 14 rings (SSSR count). The Morgan fingerprint density at radius 1 is 0.217 bits per heavy atom. The molecule has 0 saturated heterocycles. The zero-order chi connectivity index (χ0) is 73.1. The number of nitrogens with zero attached hydrogens (tertiary/aromatic N) is 4. The van der Waals surface area contributed by atoms with Crippen molar-refractivity contribution in [3.05, 3.63) is 258 Å². The average Bonchev–Trinajstić information content (AvgIpc) is 0.959. The highest BCUT2D eigenvalue weighted by atomic mass is 16.5. The van der Waals surface area contributed by atoms with Crippen LogP contribution in [0.1, 0.15) is 219 Å². The molecule has 0 amide bonds. The molecule has 0 atom stereocenters. The van der Waals surface area contributed by atoms with Crippen molar-refractivity contribution in [1.82, 2.24) is 0 Å². The van der Waals surface area contributed by atoms with E-state index in [2.05, 4.69) is 177 Å². The predicted molar refractivity (Wildman–Crippen MR) is 427 cm³/mol. The molecule has 0 N–H and O–H groups in total. The van der Waals surface area contributed by atoms with Gasteiger partial charge in [0.25, 0.3) is 0 Å².